The smallest absolute Gasteiger partial charge is 0.302 e. The van der Waals surface area contributed by atoms with E-state index in [1.807, 2.05) is 0 Å². The van der Waals surface area contributed by atoms with Crippen LogP contribution in [0, 0.1) is 10.8 Å². The summed E-state index contributed by atoms with van der Waals surface area (Å²) in [6.45, 7) is 7.94. The fourth-order valence-electron chi connectivity index (χ4n) is 4.28. The lowest BCUT2D eigenvalue weighted by Crippen LogP contribution is -2.69. The van der Waals surface area contributed by atoms with Crippen molar-refractivity contribution in [1.29, 1.82) is 0 Å². The molecule has 0 aromatic rings. The Balaban J connectivity index is 2.03. The molecule has 2 aliphatic carbocycles. The zero-order valence-electron chi connectivity index (χ0n) is 12.1. The molecule has 0 amide bonds. The fourth-order valence-corrected chi connectivity index (χ4v) is 4.28. The lowest BCUT2D eigenvalue weighted by Gasteiger charge is -2.64. The molecule has 0 N–H and O–H groups in total. The zero-order valence-corrected chi connectivity index (χ0v) is 12.1. The minimum atomic E-state index is -0.507. The molecule has 1 spiro atoms. The third-order valence-corrected chi connectivity index (χ3v) is 5.43. The molecule has 19 heavy (non-hydrogen) atoms. The summed E-state index contributed by atoms with van der Waals surface area (Å²) < 4.78 is 5.54. The Labute approximate surface area is 114 Å². The monoisotopic (exact) mass is 266 g/mol. The average Bonchev–Trinajstić information content (AvgIpc) is 2.33. The standard InChI is InChI=1S/C15H22O4/c1-10(16)17-12-6-7-14(4)9-11-5-8-15(14,19-18-11)13(12,2)3/h5,8,11-12H,6-7,9H2,1-4H3/t11?,12?,14?,15-/m0/s1. The van der Waals surface area contributed by atoms with E-state index >= 15 is 0 Å². The highest BCUT2D eigenvalue weighted by Gasteiger charge is 2.68. The number of esters is 1. The van der Waals surface area contributed by atoms with Gasteiger partial charge in [-0.25, -0.2) is 9.78 Å². The van der Waals surface area contributed by atoms with Crippen molar-refractivity contribution in [2.45, 2.75) is 64.8 Å². The van der Waals surface area contributed by atoms with Crippen LogP contribution in [0.2, 0.25) is 0 Å². The topological polar surface area (TPSA) is 44.8 Å². The summed E-state index contributed by atoms with van der Waals surface area (Å²) in [5.41, 5.74) is -0.772. The molecule has 2 aliphatic heterocycles. The highest BCUT2D eigenvalue weighted by atomic mass is 17.2. The molecule has 1 saturated carbocycles. The summed E-state index contributed by atoms with van der Waals surface area (Å²) in [5, 5.41) is 0. The lowest BCUT2D eigenvalue weighted by atomic mass is 9.49. The van der Waals surface area contributed by atoms with Crippen LogP contribution in [0.25, 0.3) is 0 Å². The van der Waals surface area contributed by atoms with Crippen LogP contribution < -0.4 is 0 Å². The predicted octanol–water partition coefficient (Wildman–Crippen LogP) is 2.77. The molecular formula is C15H22O4. The number of rotatable bonds is 1. The Morgan fingerprint density at radius 1 is 1.37 bits per heavy atom. The maximum Gasteiger partial charge on any atom is 0.302 e. The van der Waals surface area contributed by atoms with E-state index in [1.165, 1.54) is 6.92 Å². The summed E-state index contributed by atoms with van der Waals surface area (Å²) in [7, 11) is 0. The summed E-state index contributed by atoms with van der Waals surface area (Å²) in [5.74, 6) is -0.229. The second kappa shape index (κ2) is 3.83. The van der Waals surface area contributed by atoms with Gasteiger partial charge in [0.25, 0.3) is 0 Å². The molecule has 2 heterocycles. The lowest BCUT2D eigenvalue weighted by molar-refractivity contribution is -0.459. The molecule has 4 rings (SSSR count). The van der Waals surface area contributed by atoms with Gasteiger partial charge in [-0.1, -0.05) is 26.8 Å². The molecule has 0 aromatic heterocycles. The molecular weight excluding hydrogens is 244 g/mol. The molecule has 3 unspecified atom stereocenters. The molecule has 4 heteroatoms. The summed E-state index contributed by atoms with van der Waals surface area (Å²) in [4.78, 5) is 22.6. The quantitative estimate of drug-likeness (QED) is 0.416. The molecule has 0 radical (unpaired) electrons. The van der Waals surface area contributed by atoms with E-state index in [4.69, 9.17) is 14.5 Å². The van der Waals surface area contributed by atoms with Crippen molar-refractivity contribution in [3.05, 3.63) is 12.2 Å². The molecule has 2 bridgehead atoms. The van der Waals surface area contributed by atoms with E-state index in [-0.39, 0.29) is 29.0 Å². The minimum absolute atomic E-state index is 0.0464. The number of carbonyl (C=O) groups excluding carboxylic acids is 1. The van der Waals surface area contributed by atoms with E-state index in [2.05, 4.69) is 32.9 Å². The van der Waals surface area contributed by atoms with E-state index in [0.717, 1.165) is 19.3 Å². The van der Waals surface area contributed by atoms with Crippen LogP contribution in [0.3, 0.4) is 0 Å². The Kier molecular flexibility index (Phi) is 2.64. The van der Waals surface area contributed by atoms with E-state index in [0.29, 0.717) is 0 Å². The van der Waals surface area contributed by atoms with Gasteiger partial charge in [0, 0.05) is 17.8 Å². The van der Waals surface area contributed by atoms with Crippen molar-refractivity contribution in [1.82, 2.24) is 0 Å². The van der Waals surface area contributed by atoms with Crippen molar-refractivity contribution in [3.63, 3.8) is 0 Å². The normalized spacial score (nSPS) is 46.7. The van der Waals surface area contributed by atoms with E-state index in [9.17, 15) is 4.79 Å². The third-order valence-electron chi connectivity index (χ3n) is 5.43. The largest absolute Gasteiger partial charge is 0.462 e. The SMILES string of the molecule is CC(=O)OC1CCC2(C)CC3C=C[C@]2(OO3)C1(C)C. The van der Waals surface area contributed by atoms with Gasteiger partial charge in [0.2, 0.25) is 0 Å². The fraction of sp³-hybridized carbons (Fsp3) is 0.800. The maximum atomic E-state index is 11.3. The maximum absolute atomic E-state index is 11.3. The van der Waals surface area contributed by atoms with Gasteiger partial charge in [-0.05, 0) is 25.3 Å². The van der Waals surface area contributed by atoms with Crippen LogP contribution in [0.1, 0.15) is 47.0 Å². The van der Waals surface area contributed by atoms with Crippen molar-refractivity contribution >= 4 is 5.97 Å². The van der Waals surface area contributed by atoms with Crippen molar-refractivity contribution in [2.24, 2.45) is 10.8 Å². The summed E-state index contributed by atoms with van der Waals surface area (Å²) >= 11 is 0. The summed E-state index contributed by atoms with van der Waals surface area (Å²) in [6, 6.07) is 0. The first-order valence-electron chi connectivity index (χ1n) is 7.02. The van der Waals surface area contributed by atoms with Gasteiger partial charge in [0.15, 0.2) is 0 Å². The first-order chi connectivity index (χ1) is 8.81. The van der Waals surface area contributed by atoms with Crippen molar-refractivity contribution < 1.29 is 19.3 Å². The van der Waals surface area contributed by atoms with E-state index in [1.54, 1.807) is 0 Å². The molecule has 4 nitrogen and oxygen atoms in total. The van der Waals surface area contributed by atoms with Crippen LogP contribution in [-0.2, 0) is 19.3 Å². The van der Waals surface area contributed by atoms with Gasteiger partial charge in [0.05, 0.1) is 0 Å². The molecule has 4 atom stereocenters. The van der Waals surface area contributed by atoms with Crippen LogP contribution >= 0.6 is 0 Å². The second-order valence-corrected chi connectivity index (χ2v) is 6.94. The predicted molar refractivity (Wildman–Crippen MR) is 69.1 cm³/mol. The van der Waals surface area contributed by atoms with Crippen LogP contribution in [0.15, 0.2) is 12.2 Å². The molecule has 2 fully saturated rings. The number of hydrogen-bond acceptors (Lipinski definition) is 4. The number of carbonyl (C=O) groups is 1. The number of hydrogen-bond donors (Lipinski definition) is 0. The van der Waals surface area contributed by atoms with Crippen LogP contribution in [0.5, 0.6) is 0 Å². The van der Waals surface area contributed by atoms with Crippen LogP contribution in [-0.4, -0.2) is 23.8 Å². The Bertz CT molecular complexity index is 441. The first kappa shape index (κ1) is 13.1. The van der Waals surface area contributed by atoms with Crippen LogP contribution in [0.4, 0.5) is 0 Å². The average molecular weight is 266 g/mol. The highest BCUT2D eigenvalue weighted by Crippen LogP contribution is 2.63. The minimum Gasteiger partial charge on any atom is -0.462 e. The van der Waals surface area contributed by atoms with Crippen molar-refractivity contribution in [2.75, 3.05) is 0 Å². The van der Waals surface area contributed by atoms with Crippen molar-refractivity contribution in [3.8, 4) is 0 Å². The Hall–Kier alpha value is -0.870. The van der Waals surface area contributed by atoms with Gasteiger partial charge in [-0.2, -0.15) is 0 Å². The highest BCUT2D eigenvalue weighted by molar-refractivity contribution is 5.66. The number of ether oxygens (including phenoxy) is 1. The molecule has 1 saturated heterocycles. The van der Waals surface area contributed by atoms with Gasteiger partial charge in [0.1, 0.15) is 17.8 Å². The zero-order chi connectivity index (χ0) is 13.9. The van der Waals surface area contributed by atoms with Gasteiger partial charge in [-0.3, -0.25) is 4.79 Å². The molecule has 4 aliphatic rings. The third kappa shape index (κ3) is 1.56. The Morgan fingerprint density at radius 2 is 2.11 bits per heavy atom. The van der Waals surface area contributed by atoms with Gasteiger partial charge >= 0.3 is 5.97 Å². The van der Waals surface area contributed by atoms with Gasteiger partial charge < -0.3 is 4.74 Å². The molecule has 106 valence electrons. The van der Waals surface area contributed by atoms with E-state index < -0.39 is 5.60 Å². The number of fused-ring (bicyclic) bond motifs is 1. The first-order valence-corrected chi connectivity index (χ1v) is 7.02. The summed E-state index contributed by atoms with van der Waals surface area (Å²) in [6.07, 6.45) is 6.99. The second-order valence-electron chi connectivity index (χ2n) is 6.94. The molecule has 0 aromatic carbocycles. The van der Waals surface area contributed by atoms with Gasteiger partial charge in [-0.15, -0.1) is 0 Å². The Morgan fingerprint density at radius 3 is 2.68 bits per heavy atom.